The maximum Gasteiger partial charge on any atom is 0.137 e. The number of fused-ring (bicyclic) bond motifs is 1. The number of hydrogen-bond donors (Lipinski definition) is 0. The molecule has 0 spiro atoms. The zero-order valence-electron chi connectivity index (χ0n) is 17.4. The fourth-order valence-corrected chi connectivity index (χ4v) is 4.73. The van der Waals surface area contributed by atoms with Gasteiger partial charge in [-0.1, -0.05) is 18.2 Å². The maximum atomic E-state index is 4.98. The molecular weight excluding hydrogens is 370 g/mol. The molecule has 0 saturated carbocycles. The van der Waals surface area contributed by atoms with E-state index in [1.54, 1.807) is 0 Å². The third-order valence-corrected chi connectivity index (χ3v) is 6.20. The second-order valence-electron chi connectivity index (χ2n) is 8.11. The van der Waals surface area contributed by atoms with Crippen LogP contribution in [0.5, 0.6) is 0 Å². The van der Waals surface area contributed by atoms with E-state index >= 15 is 0 Å². The third kappa shape index (κ3) is 3.73. The Morgan fingerprint density at radius 3 is 2.63 bits per heavy atom. The van der Waals surface area contributed by atoms with Crippen LogP contribution < -0.4 is 0 Å². The van der Waals surface area contributed by atoms with E-state index < -0.39 is 0 Å². The first-order valence-corrected chi connectivity index (χ1v) is 10.8. The lowest BCUT2D eigenvalue weighted by molar-refractivity contribution is 0.0779. The van der Waals surface area contributed by atoms with E-state index in [1.165, 1.54) is 17.7 Å². The van der Waals surface area contributed by atoms with Crippen LogP contribution in [0, 0.1) is 6.92 Å². The molecule has 1 fully saturated rings. The molecular formula is C25H27N5. The monoisotopic (exact) mass is 397 g/mol. The molecule has 0 N–H and O–H groups in total. The number of pyridine rings is 3. The predicted octanol–water partition coefficient (Wildman–Crippen LogP) is 4.94. The number of aryl methyl sites for hydroxylation is 1. The van der Waals surface area contributed by atoms with E-state index in [-0.39, 0.29) is 6.04 Å². The van der Waals surface area contributed by atoms with Gasteiger partial charge in [0.2, 0.25) is 0 Å². The lowest BCUT2D eigenvalue weighted by atomic mass is 9.90. The molecule has 1 saturated heterocycles. The van der Waals surface area contributed by atoms with Gasteiger partial charge in [0.1, 0.15) is 5.65 Å². The molecule has 5 rings (SSSR count). The summed E-state index contributed by atoms with van der Waals surface area (Å²) >= 11 is 0. The highest BCUT2D eigenvalue weighted by Crippen LogP contribution is 2.41. The molecule has 2 atom stereocenters. The van der Waals surface area contributed by atoms with E-state index in [2.05, 4.69) is 63.9 Å². The zero-order chi connectivity index (χ0) is 20.3. The van der Waals surface area contributed by atoms with Crippen LogP contribution in [0.2, 0.25) is 0 Å². The molecule has 0 aliphatic carbocycles. The number of likely N-dealkylation sites (tertiary alicyclic amines) is 1. The van der Waals surface area contributed by atoms with Crippen molar-refractivity contribution in [3.8, 4) is 0 Å². The van der Waals surface area contributed by atoms with Crippen LogP contribution in [-0.2, 0) is 6.42 Å². The van der Waals surface area contributed by atoms with Crippen molar-refractivity contribution in [2.75, 3.05) is 6.54 Å². The molecule has 4 aromatic heterocycles. The van der Waals surface area contributed by atoms with Crippen LogP contribution in [0.3, 0.4) is 0 Å². The normalized spacial score (nSPS) is 19.9. The highest BCUT2D eigenvalue weighted by molar-refractivity contribution is 5.40. The molecule has 0 aromatic carbocycles. The SMILES string of the molecule is Cc1cccnc1[C@@H]1CCC[C@H](c2cn3ccccc3n2)N1CCc1ccccn1. The number of rotatable bonds is 5. The Balaban J connectivity index is 1.51. The van der Waals surface area contributed by atoms with Crippen LogP contribution in [0.1, 0.15) is 54.0 Å². The van der Waals surface area contributed by atoms with Crippen LogP contribution in [0.25, 0.3) is 5.65 Å². The number of hydrogen-bond acceptors (Lipinski definition) is 4. The third-order valence-electron chi connectivity index (χ3n) is 6.20. The van der Waals surface area contributed by atoms with Crippen LogP contribution in [-0.4, -0.2) is 30.8 Å². The first kappa shape index (κ1) is 18.9. The Bertz CT molecular complexity index is 1090. The molecule has 1 aliphatic rings. The first-order chi connectivity index (χ1) is 14.8. The highest BCUT2D eigenvalue weighted by Gasteiger charge is 2.35. The Morgan fingerprint density at radius 2 is 1.80 bits per heavy atom. The van der Waals surface area contributed by atoms with E-state index in [0.717, 1.165) is 42.8 Å². The molecule has 0 amide bonds. The van der Waals surface area contributed by atoms with Gasteiger partial charge in [-0.2, -0.15) is 0 Å². The summed E-state index contributed by atoms with van der Waals surface area (Å²) in [4.78, 5) is 16.9. The number of piperidine rings is 1. The largest absolute Gasteiger partial charge is 0.307 e. The minimum Gasteiger partial charge on any atom is -0.307 e. The second kappa shape index (κ2) is 8.36. The van der Waals surface area contributed by atoms with Gasteiger partial charge in [-0.05, 0) is 62.1 Å². The summed E-state index contributed by atoms with van der Waals surface area (Å²) in [6.45, 7) is 3.12. The van der Waals surface area contributed by atoms with Gasteiger partial charge >= 0.3 is 0 Å². The van der Waals surface area contributed by atoms with E-state index in [0.29, 0.717) is 6.04 Å². The number of nitrogens with zero attached hydrogens (tertiary/aromatic N) is 5. The lowest BCUT2D eigenvalue weighted by Gasteiger charge is -2.41. The maximum absolute atomic E-state index is 4.98. The summed E-state index contributed by atoms with van der Waals surface area (Å²) in [6, 6.07) is 17.1. The summed E-state index contributed by atoms with van der Waals surface area (Å²) in [6.07, 6.45) is 12.4. The average molecular weight is 398 g/mol. The summed E-state index contributed by atoms with van der Waals surface area (Å²) in [5.74, 6) is 0. The summed E-state index contributed by atoms with van der Waals surface area (Å²) in [7, 11) is 0. The zero-order valence-corrected chi connectivity index (χ0v) is 17.4. The van der Waals surface area contributed by atoms with Crippen LogP contribution in [0.4, 0.5) is 0 Å². The Labute approximate surface area is 177 Å². The molecule has 5 heteroatoms. The molecule has 0 unspecified atom stereocenters. The average Bonchev–Trinajstić information content (AvgIpc) is 3.23. The van der Waals surface area contributed by atoms with E-state index in [4.69, 9.17) is 9.97 Å². The molecule has 4 aromatic rings. The van der Waals surface area contributed by atoms with Crippen LogP contribution in [0.15, 0.2) is 73.3 Å². The molecule has 30 heavy (non-hydrogen) atoms. The minimum atomic E-state index is 0.286. The van der Waals surface area contributed by atoms with E-state index in [9.17, 15) is 0 Å². The summed E-state index contributed by atoms with van der Waals surface area (Å²) < 4.78 is 2.13. The van der Waals surface area contributed by atoms with Crippen molar-refractivity contribution in [2.24, 2.45) is 0 Å². The van der Waals surface area contributed by atoms with Gasteiger partial charge in [-0.15, -0.1) is 0 Å². The molecule has 152 valence electrons. The van der Waals surface area contributed by atoms with E-state index in [1.807, 2.05) is 30.6 Å². The second-order valence-corrected chi connectivity index (χ2v) is 8.11. The smallest absolute Gasteiger partial charge is 0.137 e. The van der Waals surface area contributed by atoms with Crippen LogP contribution >= 0.6 is 0 Å². The molecule has 5 nitrogen and oxygen atoms in total. The van der Waals surface area contributed by atoms with Crippen molar-refractivity contribution in [3.63, 3.8) is 0 Å². The predicted molar refractivity (Wildman–Crippen MR) is 118 cm³/mol. The quantitative estimate of drug-likeness (QED) is 0.478. The molecule has 5 heterocycles. The Kier molecular flexibility index (Phi) is 5.28. The first-order valence-electron chi connectivity index (χ1n) is 10.8. The van der Waals surface area contributed by atoms with Crippen molar-refractivity contribution >= 4 is 5.65 Å². The van der Waals surface area contributed by atoms with Crippen molar-refractivity contribution in [1.29, 1.82) is 0 Å². The molecule has 0 radical (unpaired) electrons. The highest BCUT2D eigenvalue weighted by atomic mass is 15.2. The van der Waals surface area contributed by atoms with Gasteiger partial charge in [0.05, 0.1) is 23.5 Å². The summed E-state index contributed by atoms with van der Waals surface area (Å²) in [5, 5.41) is 0. The Morgan fingerprint density at radius 1 is 0.933 bits per heavy atom. The number of imidazole rings is 1. The lowest BCUT2D eigenvalue weighted by Crippen LogP contribution is -2.38. The molecule has 0 bridgehead atoms. The molecule has 1 aliphatic heterocycles. The van der Waals surface area contributed by atoms with Crippen molar-refractivity contribution in [3.05, 3.63) is 96.0 Å². The van der Waals surface area contributed by atoms with Gasteiger partial charge < -0.3 is 4.40 Å². The van der Waals surface area contributed by atoms with Gasteiger partial charge in [0.15, 0.2) is 0 Å². The fraction of sp³-hybridized carbons (Fsp3) is 0.320. The van der Waals surface area contributed by atoms with Gasteiger partial charge in [-0.25, -0.2) is 4.98 Å². The topological polar surface area (TPSA) is 46.3 Å². The van der Waals surface area contributed by atoms with Gasteiger partial charge in [0.25, 0.3) is 0 Å². The number of aromatic nitrogens is 4. The van der Waals surface area contributed by atoms with Gasteiger partial charge in [0, 0.05) is 43.4 Å². The Hall–Kier alpha value is -3.05. The summed E-state index contributed by atoms with van der Waals surface area (Å²) in [5.41, 5.74) is 5.76. The standard InChI is InChI=1S/C25H27N5/c1-19-8-7-15-27-25(19)23-11-6-10-22(21-18-29-16-5-3-12-24(29)28-21)30(23)17-13-20-9-2-4-14-26-20/h2-5,7-9,12,14-16,18,22-23H,6,10-11,13,17H2,1H3/t22-,23+/m1/s1. The minimum absolute atomic E-state index is 0.286. The van der Waals surface area contributed by atoms with Crippen molar-refractivity contribution in [1.82, 2.24) is 24.3 Å². The fourth-order valence-electron chi connectivity index (χ4n) is 4.73. The van der Waals surface area contributed by atoms with Gasteiger partial charge in [-0.3, -0.25) is 14.9 Å². The van der Waals surface area contributed by atoms with Crippen molar-refractivity contribution < 1.29 is 0 Å². The van der Waals surface area contributed by atoms with Crippen molar-refractivity contribution in [2.45, 2.75) is 44.7 Å².